The van der Waals surface area contributed by atoms with Gasteiger partial charge >= 0.3 is 0 Å². The standard InChI is InChI=1S/C12H13N3OS/c1-8-9-5-3-4-6-10(9)14-12(15(8)2)17-7-11(13)16/h3-6H,1,7H2,2H3,(H2,13,16). The number of primary amides is 1. The van der Waals surface area contributed by atoms with Crippen molar-refractivity contribution < 1.29 is 4.79 Å². The molecule has 1 aliphatic rings. The zero-order valence-electron chi connectivity index (χ0n) is 9.51. The predicted molar refractivity (Wildman–Crippen MR) is 72.0 cm³/mol. The summed E-state index contributed by atoms with van der Waals surface area (Å²) < 4.78 is 0. The second-order valence-corrected chi connectivity index (χ2v) is 4.61. The van der Waals surface area contributed by atoms with Gasteiger partial charge in [-0.2, -0.15) is 0 Å². The fourth-order valence-electron chi connectivity index (χ4n) is 1.55. The Labute approximate surface area is 104 Å². The van der Waals surface area contributed by atoms with E-state index in [1.54, 1.807) is 0 Å². The number of thioether (sulfide) groups is 1. The van der Waals surface area contributed by atoms with Crippen LogP contribution in [0.5, 0.6) is 0 Å². The molecule has 1 aromatic carbocycles. The average Bonchev–Trinajstić information content (AvgIpc) is 2.32. The number of amides is 1. The second kappa shape index (κ2) is 4.63. The number of aliphatic imine (C=N–C) groups is 1. The molecule has 0 aliphatic carbocycles. The molecule has 0 spiro atoms. The summed E-state index contributed by atoms with van der Waals surface area (Å²) in [6, 6.07) is 7.79. The first-order valence-corrected chi connectivity index (χ1v) is 6.10. The minimum atomic E-state index is -0.351. The van der Waals surface area contributed by atoms with Crippen molar-refractivity contribution in [1.82, 2.24) is 4.90 Å². The summed E-state index contributed by atoms with van der Waals surface area (Å²) >= 11 is 1.32. The SMILES string of the molecule is C=C1c2ccccc2N=C(SCC(N)=O)N1C. The molecule has 1 aromatic rings. The largest absolute Gasteiger partial charge is 0.369 e. The first-order chi connectivity index (χ1) is 8.09. The normalized spacial score (nSPS) is 14.3. The summed E-state index contributed by atoms with van der Waals surface area (Å²) in [5.74, 6) is -0.130. The van der Waals surface area contributed by atoms with E-state index in [0.717, 1.165) is 22.1 Å². The molecule has 5 heteroatoms. The fraction of sp³-hybridized carbons (Fsp3) is 0.167. The minimum absolute atomic E-state index is 0.221. The van der Waals surface area contributed by atoms with Gasteiger partial charge in [0.05, 0.1) is 11.4 Å². The maximum atomic E-state index is 10.8. The Bertz CT molecular complexity index is 510. The van der Waals surface area contributed by atoms with Crippen LogP contribution in [0.4, 0.5) is 5.69 Å². The summed E-state index contributed by atoms with van der Waals surface area (Å²) in [5, 5.41) is 0.743. The third kappa shape index (κ3) is 2.34. The monoisotopic (exact) mass is 247 g/mol. The van der Waals surface area contributed by atoms with E-state index in [-0.39, 0.29) is 11.7 Å². The highest BCUT2D eigenvalue weighted by atomic mass is 32.2. The van der Waals surface area contributed by atoms with Crippen molar-refractivity contribution in [2.24, 2.45) is 10.7 Å². The van der Waals surface area contributed by atoms with Gasteiger partial charge in [0, 0.05) is 18.3 Å². The van der Waals surface area contributed by atoms with Crippen molar-refractivity contribution in [3.05, 3.63) is 36.4 Å². The fourth-order valence-corrected chi connectivity index (χ4v) is 2.29. The van der Waals surface area contributed by atoms with Crippen molar-refractivity contribution in [1.29, 1.82) is 0 Å². The Hall–Kier alpha value is -1.75. The van der Waals surface area contributed by atoms with Gasteiger partial charge in [-0.1, -0.05) is 36.5 Å². The van der Waals surface area contributed by atoms with Gasteiger partial charge in [0.2, 0.25) is 5.91 Å². The van der Waals surface area contributed by atoms with E-state index in [1.165, 1.54) is 11.8 Å². The molecule has 0 saturated carbocycles. The van der Waals surface area contributed by atoms with Crippen LogP contribution in [0.3, 0.4) is 0 Å². The first-order valence-electron chi connectivity index (χ1n) is 5.11. The van der Waals surface area contributed by atoms with Crippen molar-refractivity contribution in [3.8, 4) is 0 Å². The van der Waals surface area contributed by atoms with Crippen LogP contribution in [-0.2, 0) is 4.79 Å². The molecule has 0 aromatic heterocycles. The van der Waals surface area contributed by atoms with E-state index in [2.05, 4.69) is 11.6 Å². The smallest absolute Gasteiger partial charge is 0.227 e. The van der Waals surface area contributed by atoms with Crippen molar-refractivity contribution in [3.63, 3.8) is 0 Å². The molecule has 2 rings (SSSR count). The molecule has 0 atom stereocenters. The van der Waals surface area contributed by atoms with Gasteiger partial charge in [0.1, 0.15) is 0 Å². The lowest BCUT2D eigenvalue weighted by Crippen LogP contribution is -2.27. The van der Waals surface area contributed by atoms with Crippen molar-refractivity contribution in [2.45, 2.75) is 0 Å². The van der Waals surface area contributed by atoms with Gasteiger partial charge in [0.25, 0.3) is 0 Å². The van der Waals surface area contributed by atoms with Crippen LogP contribution >= 0.6 is 11.8 Å². The highest BCUT2D eigenvalue weighted by Crippen LogP contribution is 2.34. The van der Waals surface area contributed by atoms with Crippen molar-refractivity contribution in [2.75, 3.05) is 12.8 Å². The number of hydrogen-bond acceptors (Lipinski definition) is 4. The zero-order valence-corrected chi connectivity index (χ0v) is 10.3. The lowest BCUT2D eigenvalue weighted by Gasteiger charge is -2.27. The summed E-state index contributed by atoms with van der Waals surface area (Å²) in [4.78, 5) is 17.1. The Morgan fingerprint density at radius 1 is 1.53 bits per heavy atom. The molecule has 88 valence electrons. The van der Waals surface area contributed by atoms with Crippen LogP contribution < -0.4 is 5.73 Å². The number of rotatable bonds is 2. The highest BCUT2D eigenvalue weighted by Gasteiger charge is 2.20. The highest BCUT2D eigenvalue weighted by molar-refractivity contribution is 8.14. The maximum Gasteiger partial charge on any atom is 0.227 e. The Balaban J connectivity index is 2.32. The average molecular weight is 247 g/mol. The van der Waals surface area contributed by atoms with E-state index in [0.29, 0.717) is 0 Å². The van der Waals surface area contributed by atoms with E-state index in [1.807, 2.05) is 36.2 Å². The maximum absolute atomic E-state index is 10.8. The lowest BCUT2D eigenvalue weighted by molar-refractivity contribution is -0.115. The molecular weight excluding hydrogens is 234 g/mol. The molecule has 17 heavy (non-hydrogen) atoms. The number of carbonyl (C=O) groups excluding carboxylic acids is 1. The summed E-state index contributed by atoms with van der Waals surface area (Å²) in [6.45, 7) is 4.03. The van der Waals surface area contributed by atoms with E-state index >= 15 is 0 Å². The predicted octanol–water partition coefficient (Wildman–Crippen LogP) is 1.81. The van der Waals surface area contributed by atoms with Gasteiger partial charge < -0.3 is 10.6 Å². The Morgan fingerprint density at radius 2 is 2.24 bits per heavy atom. The quantitative estimate of drug-likeness (QED) is 0.867. The number of nitrogens with two attached hydrogens (primary N) is 1. The summed E-state index contributed by atoms with van der Waals surface area (Å²) in [6.07, 6.45) is 0. The topological polar surface area (TPSA) is 58.7 Å². The van der Waals surface area contributed by atoms with Gasteiger partial charge in [-0.25, -0.2) is 4.99 Å². The van der Waals surface area contributed by atoms with Crippen LogP contribution in [0.2, 0.25) is 0 Å². The first kappa shape index (κ1) is 11.7. The van der Waals surface area contributed by atoms with Crippen LogP contribution in [0.1, 0.15) is 5.56 Å². The van der Waals surface area contributed by atoms with Gasteiger partial charge in [-0.3, -0.25) is 4.79 Å². The molecule has 0 radical (unpaired) electrons. The van der Waals surface area contributed by atoms with Crippen LogP contribution in [0.25, 0.3) is 5.70 Å². The number of fused-ring (bicyclic) bond motifs is 1. The van der Waals surface area contributed by atoms with E-state index in [9.17, 15) is 4.79 Å². The molecule has 0 saturated heterocycles. The molecule has 0 bridgehead atoms. The van der Waals surface area contributed by atoms with Crippen LogP contribution in [0, 0.1) is 0 Å². The summed E-state index contributed by atoms with van der Waals surface area (Å²) in [5.41, 5.74) is 7.90. The molecule has 1 heterocycles. The molecule has 4 nitrogen and oxygen atoms in total. The summed E-state index contributed by atoms with van der Waals surface area (Å²) in [7, 11) is 1.88. The third-order valence-corrected chi connectivity index (χ3v) is 3.52. The molecule has 1 amide bonds. The minimum Gasteiger partial charge on any atom is -0.369 e. The number of hydrogen-bond donors (Lipinski definition) is 1. The van der Waals surface area contributed by atoms with E-state index < -0.39 is 0 Å². The van der Waals surface area contributed by atoms with Crippen LogP contribution in [0.15, 0.2) is 35.8 Å². The van der Waals surface area contributed by atoms with Gasteiger partial charge in [-0.15, -0.1) is 0 Å². The third-order valence-electron chi connectivity index (χ3n) is 2.47. The van der Waals surface area contributed by atoms with Gasteiger partial charge in [0.15, 0.2) is 5.17 Å². The van der Waals surface area contributed by atoms with Crippen molar-refractivity contribution >= 4 is 34.2 Å². The number of para-hydroxylation sites is 1. The number of carbonyl (C=O) groups is 1. The molecule has 0 unspecified atom stereocenters. The van der Waals surface area contributed by atoms with E-state index in [4.69, 9.17) is 5.73 Å². The Kier molecular flexibility index (Phi) is 3.19. The number of amidine groups is 1. The Morgan fingerprint density at radius 3 is 2.94 bits per heavy atom. The second-order valence-electron chi connectivity index (χ2n) is 3.67. The number of nitrogens with zero attached hydrogens (tertiary/aromatic N) is 2. The van der Waals surface area contributed by atoms with Crippen LogP contribution in [-0.4, -0.2) is 28.8 Å². The molecule has 2 N–H and O–H groups in total. The zero-order chi connectivity index (χ0) is 12.4. The molecular formula is C12H13N3OS. The number of benzene rings is 1. The molecule has 0 fully saturated rings. The lowest BCUT2D eigenvalue weighted by atomic mass is 10.1. The molecule has 1 aliphatic heterocycles. The van der Waals surface area contributed by atoms with Gasteiger partial charge in [-0.05, 0) is 6.07 Å².